The molecule has 3 heterocycles. The van der Waals surface area contributed by atoms with E-state index >= 15 is 0 Å². The maximum Gasteiger partial charge on any atom is 0.226 e. The summed E-state index contributed by atoms with van der Waals surface area (Å²) in [5, 5.41) is 7.90. The molecule has 1 amide bonds. The summed E-state index contributed by atoms with van der Waals surface area (Å²) in [6, 6.07) is 21.8. The summed E-state index contributed by atoms with van der Waals surface area (Å²) in [5.41, 5.74) is 8.29. The highest BCUT2D eigenvalue weighted by Gasteiger charge is 2.41. The van der Waals surface area contributed by atoms with Gasteiger partial charge in [-0.15, -0.1) is 0 Å². The smallest absolute Gasteiger partial charge is 0.226 e. The van der Waals surface area contributed by atoms with Crippen LogP contribution >= 0.6 is 23.8 Å². The quantitative estimate of drug-likeness (QED) is 0.246. The molecule has 1 fully saturated rings. The number of anilines is 1. The van der Waals surface area contributed by atoms with Crippen LogP contribution in [0.5, 0.6) is 0 Å². The van der Waals surface area contributed by atoms with Crippen LogP contribution in [0.2, 0.25) is 5.02 Å². The Morgan fingerprint density at radius 2 is 1.82 bits per heavy atom. The van der Waals surface area contributed by atoms with Crippen molar-refractivity contribution >= 4 is 40.5 Å². The van der Waals surface area contributed by atoms with Gasteiger partial charge in [0.15, 0.2) is 5.11 Å². The molecule has 0 unspecified atom stereocenters. The van der Waals surface area contributed by atoms with Gasteiger partial charge in [-0.25, -0.2) is 0 Å². The third-order valence-electron chi connectivity index (χ3n) is 7.32. The molecular weight excluding hydrogens is 526 g/mol. The lowest BCUT2D eigenvalue weighted by molar-refractivity contribution is -0.116. The van der Waals surface area contributed by atoms with E-state index in [2.05, 4.69) is 45.0 Å². The number of pyridine rings is 1. The van der Waals surface area contributed by atoms with Gasteiger partial charge in [0.05, 0.1) is 17.8 Å². The first-order valence-corrected chi connectivity index (χ1v) is 13.8. The van der Waals surface area contributed by atoms with Gasteiger partial charge < -0.3 is 20.1 Å². The number of benzene rings is 2. The number of thiocarbonyl (C=S) groups is 1. The first-order chi connectivity index (χ1) is 18.7. The molecule has 2 aromatic carbocycles. The number of amides is 1. The molecule has 1 saturated heterocycles. The van der Waals surface area contributed by atoms with Crippen LogP contribution in [0, 0.1) is 27.7 Å². The molecule has 8 heteroatoms. The van der Waals surface area contributed by atoms with Crippen molar-refractivity contribution in [3.8, 4) is 5.69 Å². The molecule has 2 atom stereocenters. The molecule has 0 radical (unpaired) electrons. The molecule has 0 bridgehead atoms. The highest BCUT2D eigenvalue weighted by molar-refractivity contribution is 7.80. The number of aromatic nitrogens is 2. The van der Waals surface area contributed by atoms with Crippen LogP contribution in [0.25, 0.3) is 5.69 Å². The molecule has 5 rings (SSSR count). The number of hydrogen-bond donors (Lipinski definition) is 2. The number of rotatable bonds is 7. The van der Waals surface area contributed by atoms with Crippen molar-refractivity contribution in [3.05, 3.63) is 112 Å². The Morgan fingerprint density at radius 1 is 1.05 bits per heavy atom. The number of carbonyl (C=O) groups is 1. The van der Waals surface area contributed by atoms with Crippen LogP contribution < -0.4 is 10.6 Å². The number of aryl methyl sites for hydroxylation is 3. The van der Waals surface area contributed by atoms with E-state index in [1.54, 1.807) is 6.20 Å². The van der Waals surface area contributed by atoms with Crippen LogP contribution in [0.4, 0.5) is 5.69 Å². The van der Waals surface area contributed by atoms with E-state index in [0.29, 0.717) is 23.1 Å². The number of halogens is 1. The number of nitrogens with one attached hydrogen (secondary N) is 2. The van der Waals surface area contributed by atoms with Crippen molar-refractivity contribution < 1.29 is 4.79 Å². The topological polar surface area (TPSA) is 62.2 Å². The zero-order chi connectivity index (χ0) is 27.7. The van der Waals surface area contributed by atoms with E-state index in [0.717, 1.165) is 45.1 Å². The molecule has 0 saturated carbocycles. The van der Waals surface area contributed by atoms with E-state index in [4.69, 9.17) is 23.8 Å². The first kappa shape index (κ1) is 26.9. The molecule has 4 aromatic rings. The molecule has 200 valence electrons. The molecule has 0 aliphatic carbocycles. The normalized spacial score (nSPS) is 16.8. The minimum Gasteiger partial charge on any atom is -0.352 e. The van der Waals surface area contributed by atoms with Crippen molar-refractivity contribution in [2.24, 2.45) is 0 Å². The van der Waals surface area contributed by atoms with Gasteiger partial charge in [0.1, 0.15) is 0 Å². The Kier molecular flexibility index (Phi) is 7.73. The van der Waals surface area contributed by atoms with Gasteiger partial charge in [-0.3, -0.25) is 9.78 Å². The Bertz CT molecular complexity index is 1520. The predicted octanol–water partition coefficient (Wildman–Crippen LogP) is 6.76. The van der Waals surface area contributed by atoms with E-state index in [9.17, 15) is 4.79 Å². The molecule has 1 aliphatic heterocycles. The summed E-state index contributed by atoms with van der Waals surface area (Å²) in [6.07, 6.45) is 2.10. The van der Waals surface area contributed by atoms with Crippen molar-refractivity contribution in [2.75, 3.05) is 11.9 Å². The summed E-state index contributed by atoms with van der Waals surface area (Å²) in [5.74, 6) is -0.0434. The average Bonchev–Trinajstić information content (AvgIpc) is 3.40. The Morgan fingerprint density at radius 3 is 2.54 bits per heavy atom. The minimum absolute atomic E-state index is 0.0434. The molecular formula is C31H32ClN5OS. The van der Waals surface area contributed by atoms with Gasteiger partial charge in [-0.1, -0.05) is 29.8 Å². The fraction of sp³-hybridized carbons (Fsp3) is 0.258. The van der Waals surface area contributed by atoms with E-state index in [1.165, 1.54) is 0 Å². The van der Waals surface area contributed by atoms with Gasteiger partial charge in [-0.2, -0.15) is 0 Å². The predicted molar refractivity (Wildman–Crippen MR) is 162 cm³/mol. The summed E-state index contributed by atoms with van der Waals surface area (Å²) in [6.45, 7) is 8.72. The average molecular weight is 558 g/mol. The maximum absolute atomic E-state index is 13.0. The Balaban J connectivity index is 1.46. The second kappa shape index (κ2) is 11.2. The molecule has 6 nitrogen and oxygen atoms in total. The lowest BCUT2D eigenvalue weighted by Gasteiger charge is -2.28. The SMILES string of the molecule is Cc1ccc(C)c(NC(=O)CCN2C(=S)N[C@H](c3ccccn3)[C@H]2c2cc(C)n(-c3ccc(Cl)cc3)c2C)c1. The molecule has 0 spiro atoms. The van der Waals surface area contributed by atoms with Crippen LogP contribution in [0.15, 0.2) is 72.9 Å². The zero-order valence-corrected chi connectivity index (χ0v) is 24.1. The van der Waals surface area contributed by atoms with Crippen LogP contribution in [-0.4, -0.2) is 32.0 Å². The van der Waals surface area contributed by atoms with Gasteiger partial charge in [-0.05, 0) is 105 Å². The summed E-state index contributed by atoms with van der Waals surface area (Å²) in [7, 11) is 0. The van der Waals surface area contributed by atoms with Crippen molar-refractivity contribution in [3.63, 3.8) is 0 Å². The third kappa shape index (κ3) is 5.56. The Hall–Kier alpha value is -3.68. The summed E-state index contributed by atoms with van der Waals surface area (Å²) >= 11 is 12.0. The van der Waals surface area contributed by atoms with Crippen molar-refractivity contribution in [1.82, 2.24) is 19.8 Å². The number of hydrogen-bond acceptors (Lipinski definition) is 3. The van der Waals surface area contributed by atoms with Gasteiger partial charge in [0.25, 0.3) is 0 Å². The minimum atomic E-state index is -0.153. The molecule has 1 aliphatic rings. The zero-order valence-electron chi connectivity index (χ0n) is 22.5. The third-order valence-corrected chi connectivity index (χ3v) is 7.92. The van der Waals surface area contributed by atoms with E-state index < -0.39 is 0 Å². The lowest BCUT2D eigenvalue weighted by Crippen LogP contribution is -2.33. The monoisotopic (exact) mass is 557 g/mol. The van der Waals surface area contributed by atoms with Crippen molar-refractivity contribution in [2.45, 2.75) is 46.2 Å². The second-order valence-corrected chi connectivity index (χ2v) is 10.9. The van der Waals surface area contributed by atoms with Crippen molar-refractivity contribution in [1.29, 1.82) is 0 Å². The van der Waals surface area contributed by atoms with Crippen LogP contribution in [0.1, 0.15) is 52.3 Å². The number of carbonyl (C=O) groups excluding carboxylic acids is 1. The summed E-state index contributed by atoms with van der Waals surface area (Å²) in [4.78, 5) is 19.8. The molecule has 2 aromatic heterocycles. The second-order valence-electron chi connectivity index (χ2n) is 10.1. The maximum atomic E-state index is 13.0. The highest BCUT2D eigenvalue weighted by atomic mass is 35.5. The van der Waals surface area contributed by atoms with Gasteiger partial charge in [0.2, 0.25) is 5.91 Å². The van der Waals surface area contributed by atoms with Crippen LogP contribution in [-0.2, 0) is 4.79 Å². The van der Waals surface area contributed by atoms with Crippen LogP contribution in [0.3, 0.4) is 0 Å². The molecule has 39 heavy (non-hydrogen) atoms. The lowest BCUT2D eigenvalue weighted by atomic mass is 9.96. The fourth-order valence-corrected chi connectivity index (χ4v) is 5.82. The fourth-order valence-electron chi connectivity index (χ4n) is 5.36. The standard InChI is InChI=1S/C31H32ClN5OS/c1-19-8-9-20(2)27(17-19)34-28(38)14-16-36-30(29(35-31(36)39)26-7-5-6-15-33-26)25-18-21(3)37(22(25)4)24-12-10-23(32)11-13-24/h5-13,15,17-18,29-30H,14,16H2,1-4H3,(H,34,38)(H,35,39)/t29-,30-/m1/s1. The van der Waals surface area contributed by atoms with Gasteiger partial charge >= 0.3 is 0 Å². The van der Waals surface area contributed by atoms with E-state index in [1.807, 2.05) is 74.5 Å². The van der Waals surface area contributed by atoms with Gasteiger partial charge in [0, 0.05) is 46.9 Å². The first-order valence-electron chi connectivity index (χ1n) is 13.0. The highest BCUT2D eigenvalue weighted by Crippen LogP contribution is 2.41. The largest absolute Gasteiger partial charge is 0.352 e. The van der Waals surface area contributed by atoms with E-state index in [-0.39, 0.29) is 18.0 Å². The summed E-state index contributed by atoms with van der Waals surface area (Å²) < 4.78 is 2.23. The number of nitrogens with zero attached hydrogens (tertiary/aromatic N) is 3. The Labute approximate surface area is 240 Å². The molecule has 2 N–H and O–H groups in total.